The number of sulfonamides is 1. The van der Waals surface area contributed by atoms with Gasteiger partial charge in [-0.3, -0.25) is 4.79 Å². The molecule has 1 fully saturated rings. The van der Waals surface area contributed by atoms with Gasteiger partial charge in [0, 0.05) is 25.2 Å². The van der Waals surface area contributed by atoms with Gasteiger partial charge in [0.15, 0.2) is 0 Å². The zero-order valence-corrected chi connectivity index (χ0v) is 12.4. The third-order valence-corrected chi connectivity index (χ3v) is 4.70. The minimum absolute atomic E-state index is 0.0548. The van der Waals surface area contributed by atoms with Crippen LogP contribution in [0.25, 0.3) is 0 Å². The van der Waals surface area contributed by atoms with Gasteiger partial charge in [-0.2, -0.15) is 0 Å². The topological polar surface area (TPSA) is 92.5 Å². The fourth-order valence-corrected chi connectivity index (χ4v) is 3.21. The second-order valence-electron chi connectivity index (χ2n) is 5.09. The molecular weight excluding hydrogens is 278 g/mol. The molecule has 3 N–H and O–H groups in total. The van der Waals surface area contributed by atoms with Gasteiger partial charge in [-0.05, 0) is 43.7 Å². The average molecular weight is 297 g/mol. The van der Waals surface area contributed by atoms with Crippen LogP contribution in [0, 0.1) is 6.92 Å². The first kappa shape index (κ1) is 15.0. The zero-order chi connectivity index (χ0) is 14.9. The normalized spacial score (nSPS) is 19.1. The number of nitrogens with two attached hydrogens (primary N) is 1. The van der Waals surface area contributed by atoms with Gasteiger partial charge >= 0.3 is 0 Å². The number of likely N-dealkylation sites (N-methyl/N-ethyl adjacent to an activating group) is 1. The molecule has 110 valence electrons. The molecule has 1 aliphatic rings. The number of hydrogen-bond donors (Lipinski definition) is 2. The number of aryl methyl sites for hydroxylation is 1. The SMILES string of the molecule is Cc1cc(C(=O)N(C)C2CCNC2)ccc1S(N)(=O)=O. The van der Waals surface area contributed by atoms with Gasteiger partial charge in [0.1, 0.15) is 0 Å². The molecule has 2 rings (SSSR count). The van der Waals surface area contributed by atoms with E-state index < -0.39 is 10.0 Å². The van der Waals surface area contributed by atoms with Crippen molar-refractivity contribution in [2.45, 2.75) is 24.3 Å². The van der Waals surface area contributed by atoms with Gasteiger partial charge in [-0.25, -0.2) is 13.6 Å². The molecule has 0 radical (unpaired) electrons. The van der Waals surface area contributed by atoms with Crippen LogP contribution in [0.15, 0.2) is 23.1 Å². The van der Waals surface area contributed by atoms with Gasteiger partial charge in [-0.15, -0.1) is 0 Å². The monoisotopic (exact) mass is 297 g/mol. The first-order valence-electron chi connectivity index (χ1n) is 6.42. The van der Waals surface area contributed by atoms with Crippen molar-refractivity contribution in [1.29, 1.82) is 0 Å². The maximum absolute atomic E-state index is 12.4. The maximum Gasteiger partial charge on any atom is 0.253 e. The molecule has 6 nitrogen and oxygen atoms in total. The van der Waals surface area contributed by atoms with Crippen LogP contribution in [0.3, 0.4) is 0 Å². The quantitative estimate of drug-likeness (QED) is 0.826. The Kier molecular flexibility index (Phi) is 4.12. The van der Waals surface area contributed by atoms with Crippen molar-refractivity contribution >= 4 is 15.9 Å². The summed E-state index contributed by atoms with van der Waals surface area (Å²) in [6.45, 7) is 3.33. The van der Waals surface area contributed by atoms with Gasteiger partial charge in [-0.1, -0.05) is 0 Å². The Morgan fingerprint density at radius 3 is 2.65 bits per heavy atom. The standard InChI is InChI=1S/C13H19N3O3S/c1-9-7-10(3-4-12(9)20(14,18)19)13(17)16(2)11-5-6-15-8-11/h3-4,7,11,15H,5-6,8H2,1-2H3,(H2,14,18,19). The van der Waals surface area contributed by atoms with Crippen LogP contribution in [-0.4, -0.2) is 45.4 Å². The lowest BCUT2D eigenvalue weighted by Crippen LogP contribution is -2.38. The second kappa shape index (κ2) is 5.51. The van der Waals surface area contributed by atoms with Crippen LogP contribution in [0.2, 0.25) is 0 Å². The number of nitrogens with one attached hydrogen (secondary N) is 1. The summed E-state index contributed by atoms with van der Waals surface area (Å²) >= 11 is 0. The van der Waals surface area contributed by atoms with Crippen molar-refractivity contribution in [3.63, 3.8) is 0 Å². The first-order valence-corrected chi connectivity index (χ1v) is 7.96. The average Bonchev–Trinajstić information content (AvgIpc) is 2.89. The van der Waals surface area contributed by atoms with Gasteiger partial charge in [0.05, 0.1) is 4.90 Å². The van der Waals surface area contributed by atoms with Crippen LogP contribution in [0.4, 0.5) is 0 Å². The van der Waals surface area contributed by atoms with Crippen LogP contribution < -0.4 is 10.5 Å². The lowest BCUT2D eigenvalue weighted by Gasteiger charge is -2.24. The largest absolute Gasteiger partial charge is 0.337 e. The summed E-state index contributed by atoms with van der Waals surface area (Å²) < 4.78 is 22.7. The Hall–Kier alpha value is -1.44. The minimum Gasteiger partial charge on any atom is -0.337 e. The molecule has 1 atom stereocenters. The highest BCUT2D eigenvalue weighted by atomic mass is 32.2. The maximum atomic E-state index is 12.4. The van der Waals surface area contributed by atoms with E-state index in [1.54, 1.807) is 24.9 Å². The van der Waals surface area contributed by atoms with Crippen LogP contribution in [-0.2, 0) is 10.0 Å². The summed E-state index contributed by atoms with van der Waals surface area (Å²) in [6, 6.07) is 4.65. The van der Waals surface area contributed by atoms with Gasteiger partial charge < -0.3 is 10.2 Å². The van der Waals surface area contributed by atoms with Crippen LogP contribution in [0.1, 0.15) is 22.3 Å². The summed E-state index contributed by atoms with van der Waals surface area (Å²) in [5, 5.41) is 8.32. The Morgan fingerprint density at radius 2 is 2.15 bits per heavy atom. The predicted molar refractivity (Wildman–Crippen MR) is 75.9 cm³/mol. The molecule has 7 heteroatoms. The molecule has 0 saturated carbocycles. The Bertz CT molecular complexity index is 622. The predicted octanol–water partition coefficient (Wildman–Crippen LogP) is 0.0763. The highest BCUT2D eigenvalue weighted by molar-refractivity contribution is 7.89. The Balaban J connectivity index is 2.25. The number of hydrogen-bond acceptors (Lipinski definition) is 4. The number of nitrogens with zero attached hydrogens (tertiary/aromatic N) is 1. The molecule has 1 aliphatic heterocycles. The highest BCUT2D eigenvalue weighted by Gasteiger charge is 2.24. The summed E-state index contributed by atoms with van der Waals surface area (Å²) in [6.07, 6.45) is 0.927. The zero-order valence-electron chi connectivity index (χ0n) is 11.6. The van der Waals surface area contributed by atoms with Crippen molar-refractivity contribution in [2.75, 3.05) is 20.1 Å². The van der Waals surface area contributed by atoms with Crippen molar-refractivity contribution in [3.05, 3.63) is 29.3 Å². The summed E-state index contributed by atoms with van der Waals surface area (Å²) in [5.74, 6) is -0.109. The molecule has 1 saturated heterocycles. The molecule has 0 aromatic heterocycles. The number of rotatable bonds is 3. The van der Waals surface area contributed by atoms with E-state index in [9.17, 15) is 13.2 Å². The molecule has 0 bridgehead atoms. The third-order valence-electron chi connectivity index (χ3n) is 3.63. The van der Waals surface area contributed by atoms with E-state index in [4.69, 9.17) is 5.14 Å². The van der Waals surface area contributed by atoms with Crippen molar-refractivity contribution < 1.29 is 13.2 Å². The summed E-state index contributed by atoms with van der Waals surface area (Å²) in [5.41, 5.74) is 0.959. The van der Waals surface area contributed by atoms with E-state index in [0.29, 0.717) is 11.1 Å². The highest BCUT2D eigenvalue weighted by Crippen LogP contribution is 2.18. The molecule has 1 unspecified atom stereocenters. The van der Waals surface area contributed by atoms with Crippen LogP contribution >= 0.6 is 0 Å². The van der Waals surface area contributed by atoms with E-state index in [0.717, 1.165) is 19.5 Å². The van der Waals surface area contributed by atoms with Gasteiger partial charge in [0.25, 0.3) is 5.91 Å². The van der Waals surface area contributed by atoms with E-state index >= 15 is 0 Å². The second-order valence-corrected chi connectivity index (χ2v) is 6.62. The minimum atomic E-state index is -3.75. The number of primary sulfonamides is 1. The van der Waals surface area contributed by atoms with E-state index in [2.05, 4.69) is 5.32 Å². The van der Waals surface area contributed by atoms with Crippen molar-refractivity contribution in [2.24, 2.45) is 5.14 Å². The fourth-order valence-electron chi connectivity index (χ4n) is 2.44. The van der Waals surface area contributed by atoms with E-state index in [1.165, 1.54) is 12.1 Å². The summed E-state index contributed by atoms with van der Waals surface area (Å²) in [7, 11) is -1.98. The van der Waals surface area contributed by atoms with E-state index in [1.807, 2.05) is 0 Å². The number of amides is 1. The third kappa shape index (κ3) is 3.00. The molecule has 20 heavy (non-hydrogen) atoms. The van der Waals surface area contributed by atoms with Crippen molar-refractivity contribution in [1.82, 2.24) is 10.2 Å². The Morgan fingerprint density at radius 1 is 1.45 bits per heavy atom. The van der Waals surface area contributed by atoms with E-state index in [-0.39, 0.29) is 16.8 Å². The van der Waals surface area contributed by atoms with Crippen LogP contribution in [0.5, 0.6) is 0 Å². The molecule has 0 spiro atoms. The van der Waals surface area contributed by atoms with Crippen molar-refractivity contribution in [3.8, 4) is 0 Å². The molecular formula is C13H19N3O3S. The Labute approximate surface area is 119 Å². The lowest BCUT2D eigenvalue weighted by molar-refractivity contribution is 0.0743. The molecule has 1 aromatic rings. The first-order chi connectivity index (χ1) is 9.30. The number of carbonyl (C=O) groups excluding carboxylic acids is 1. The molecule has 1 aromatic carbocycles. The van der Waals surface area contributed by atoms with Gasteiger partial charge in [0.2, 0.25) is 10.0 Å². The summed E-state index contributed by atoms with van der Waals surface area (Å²) in [4.78, 5) is 14.1. The lowest BCUT2D eigenvalue weighted by atomic mass is 10.1. The fraction of sp³-hybridized carbons (Fsp3) is 0.462. The molecule has 1 heterocycles. The molecule has 0 aliphatic carbocycles. The number of carbonyl (C=O) groups is 1. The smallest absolute Gasteiger partial charge is 0.253 e. The molecule has 1 amide bonds. The number of benzene rings is 1.